The van der Waals surface area contributed by atoms with Crippen LogP contribution in [0.15, 0.2) is 71.8 Å². The summed E-state index contributed by atoms with van der Waals surface area (Å²) in [6, 6.07) is 10.6. The number of benzene rings is 2. The number of alkyl halides is 6. The first-order chi connectivity index (χ1) is 16.9. The molecule has 0 spiro atoms. The van der Waals surface area contributed by atoms with E-state index in [1.807, 2.05) is 0 Å². The van der Waals surface area contributed by atoms with Gasteiger partial charge in [-0.25, -0.2) is 0 Å². The Kier molecular flexibility index (Phi) is 6.33. The number of aromatic nitrogens is 2. The molecule has 0 saturated heterocycles. The van der Waals surface area contributed by atoms with E-state index < -0.39 is 46.9 Å². The van der Waals surface area contributed by atoms with Gasteiger partial charge in [0.25, 0.3) is 5.56 Å². The molecule has 1 amide bonds. The van der Waals surface area contributed by atoms with E-state index in [0.29, 0.717) is 28.9 Å². The van der Waals surface area contributed by atoms with E-state index in [9.17, 15) is 35.9 Å². The highest BCUT2D eigenvalue weighted by atomic mass is 19.4. The second-order valence-electron chi connectivity index (χ2n) is 7.96. The number of hydrogen-bond acceptors (Lipinski definition) is 3. The number of rotatable bonds is 4. The maximum Gasteiger partial charge on any atom is 0.416 e. The van der Waals surface area contributed by atoms with Gasteiger partial charge in [0.2, 0.25) is 5.91 Å². The summed E-state index contributed by atoms with van der Waals surface area (Å²) in [4.78, 5) is 29.9. The highest BCUT2D eigenvalue weighted by Crippen LogP contribution is 2.37. The van der Waals surface area contributed by atoms with Crippen molar-refractivity contribution in [2.24, 2.45) is 0 Å². The van der Waals surface area contributed by atoms with Gasteiger partial charge in [-0.2, -0.15) is 26.3 Å². The zero-order valence-electron chi connectivity index (χ0n) is 18.5. The van der Waals surface area contributed by atoms with E-state index in [1.165, 1.54) is 29.0 Å². The van der Waals surface area contributed by atoms with Crippen molar-refractivity contribution in [3.63, 3.8) is 0 Å². The highest BCUT2D eigenvalue weighted by Gasteiger charge is 2.38. The molecule has 0 aliphatic rings. The minimum atomic E-state index is -5.09. The number of aryl methyl sites for hydroxylation is 1. The second kappa shape index (κ2) is 9.14. The molecule has 4 rings (SSSR count). The minimum Gasteiger partial charge on any atom is -0.325 e. The van der Waals surface area contributed by atoms with Crippen LogP contribution in [-0.4, -0.2) is 15.5 Å². The number of nitrogens with one attached hydrogen (secondary N) is 1. The van der Waals surface area contributed by atoms with E-state index in [-0.39, 0.29) is 17.1 Å². The van der Waals surface area contributed by atoms with Gasteiger partial charge >= 0.3 is 12.4 Å². The van der Waals surface area contributed by atoms with Gasteiger partial charge in [-0.3, -0.25) is 19.1 Å². The highest BCUT2D eigenvalue weighted by molar-refractivity contribution is 6.02. The number of carbonyl (C=O) groups is 1. The van der Waals surface area contributed by atoms with Gasteiger partial charge in [0.1, 0.15) is 0 Å². The van der Waals surface area contributed by atoms with E-state index >= 15 is 0 Å². The van der Waals surface area contributed by atoms with Crippen LogP contribution >= 0.6 is 0 Å². The maximum atomic E-state index is 13.4. The fraction of sp³-hybridized carbons (Fsp3) is 0.160. The summed E-state index contributed by atoms with van der Waals surface area (Å²) >= 11 is 0. The standard InChI is InChI=1S/C25H17F6N3O2/c1-14-21(6-3-10-32-14)34-11-9-17-18(23(34)36)4-2-5-20(17)33-22(35)12-15-7-8-16(24(26,27)28)13-19(15)25(29,30)31/h2-11,13H,12H2,1H3,(H,33,35). The molecular formula is C25H17F6N3O2. The van der Waals surface area contributed by atoms with Crippen molar-refractivity contribution in [3.8, 4) is 5.69 Å². The third kappa shape index (κ3) is 4.95. The Balaban J connectivity index is 1.66. The molecule has 0 aliphatic heterocycles. The molecule has 0 atom stereocenters. The predicted octanol–water partition coefficient (Wildman–Crippen LogP) is 5.91. The Labute approximate surface area is 200 Å². The van der Waals surface area contributed by atoms with E-state index in [2.05, 4.69) is 10.3 Å². The lowest BCUT2D eigenvalue weighted by atomic mass is 10.00. The van der Waals surface area contributed by atoms with Crippen LogP contribution in [0.1, 0.15) is 22.4 Å². The molecule has 0 unspecified atom stereocenters. The maximum absolute atomic E-state index is 13.4. The smallest absolute Gasteiger partial charge is 0.325 e. The summed E-state index contributed by atoms with van der Waals surface area (Å²) in [6.45, 7) is 1.74. The zero-order valence-corrected chi connectivity index (χ0v) is 18.5. The molecule has 0 fully saturated rings. The van der Waals surface area contributed by atoms with Crippen molar-refractivity contribution in [1.82, 2.24) is 9.55 Å². The molecule has 1 N–H and O–H groups in total. The first-order valence-corrected chi connectivity index (χ1v) is 10.5. The number of pyridine rings is 2. The van der Waals surface area contributed by atoms with Crippen molar-refractivity contribution in [2.45, 2.75) is 25.7 Å². The minimum absolute atomic E-state index is 0.0105. The van der Waals surface area contributed by atoms with Crippen LogP contribution in [0.25, 0.3) is 16.5 Å². The molecule has 2 aromatic carbocycles. The van der Waals surface area contributed by atoms with Crippen LogP contribution in [0.3, 0.4) is 0 Å². The number of hydrogen-bond donors (Lipinski definition) is 1. The normalized spacial score (nSPS) is 12.1. The quantitative estimate of drug-likeness (QED) is 0.351. The predicted molar refractivity (Wildman–Crippen MR) is 121 cm³/mol. The van der Waals surface area contributed by atoms with Gasteiger partial charge < -0.3 is 5.32 Å². The first kappa shape index (κ1) is 25.0. The molecule has 11 heteroatoms. The first-order valence-electron chi connectivity index (χ1n) is 10.5. The number of halogens is 6. The fourth-order valence-corrected chi connectivity index (χ4v) is 3.85. The molecule has 2 heterocycles. The van der Waals surface area contributed by atoms with Gasteiger partial charge in [-0.15, -0.1) is 0 Å². The number of anilines is 1. The molecule has 2 aromatic heterocycles. The molecule has 0 radical (unpaired) electrons. The molecule has 4 aromatic rings. The van der Waals surface area contributed by atoms with E-state index in [1.54, 1.807) is 31.3 Å². The Morgan fingerprint density at radius 3 is 2.36 bits per heavy atom. The van der Waals surface area contributed by atoms with Crippen molar-refractivity contribution >= 4 is 22.4 Å². The summed E-state index contributed by atoms with van der Waals surface area (Å²) in [5.74, 6) is -0.889. The van der Waals surface area contributed by atoms with Gasteiger partial charge in [0, 0.05) is 28.9 Å². The molecular weight excluding hydrogens is 488 g/mol. The summed E-state index contributed by atoms with van der Waals surface area (Å²) < 4.78 is 80.3. The second-order valence-corrected chi connectivity index (χ2v) is 7.96. The van der Waals surface area contributed by atoms with Gasteiger partial charge in [0.05, 0.1) is 28.9 Å². The monoisotopic (exact) mass is 505 g/mol. The summed E-state index contributed by atoms with van der Waals surface area (Å²) in [5.41, 5.74) is -2.68. The SMILES string of the molecule is Cc1ncccc1-n1ccc2c(NC(=O)Cc3ccc(C(F)(F)F)cc3C(F)(F)F)cccc2c1=O. The van der Waals surface area contributed by atoms with Crippen molar-refractivity contribution in [3.05, 3.63) is 99.7 Å². The van der Waals surface area contributed by atoms with Crippen LogP contribution in [0.2, 0.25) is 0 Å². The molecule has 186 valence electrons. The third-order valence-electron chi connectivity index (χ3n) is 5.55. The number of nitrogens with zero attached hydrogens (tertiary/aromatic N) is 2. The average molecular weight is 505 g/mol. The largest absolute Gasteiger partial charge is 0.416 e. The average Bonchev–Trinajstić information content (AvgIpc) is 2.79. The lowest BCUT2D eigenvalue weighted by molar-refractivity contribution is -0.143. The summed E-state index contributed by atoms with van der Waals surface area (Å²) in [5, 5.41) is 3.05. The molecule has 0 saturated carbocycles. The topological polar surface area (TPSA) is 64.0 Å². The van der Waals surface area contributed by atoms with Crippen LogP contribution < -0.4 is 10.9 Å². The van der Waals surface area contributed by atoms with Gasteiger partial charge in [-0.05, 0) is 55.0 Å². The molecule has 0 aliphatic carbocycles. The Hall–Kier alpha value is -4.15. The number of amides is 1. The van der Waals surface area contributed by atoms with Gasteiger partial charge in [0.15, 0.2) is 0 Å². The third-order valence-corrected chi connectivity index (χ3v) is 5.55. The van der Waals surface area contributed by atoms with Crippen LogP contribution in [0.4, 0.5) is 32.0 Å². The summed E-state index contributed by atoms with van der Waals surface area (Å²) in [7, 11) is 0. The fourth-order valence-electron chi connectivity index (χ4n) is 3.85. The van der Waals surface area contributed by atoms with Gasteiger partial charge in [-0.1, -0.05) is 12.1 Å². The van der Waals surface area contributed by atoms with Crippen molar-refractivity contribution in [2.75, 3.05) is 5.32 Å². The van der Waals surface area contributed by atoms with Crippen LogP contribution in [0, 0.1) is 6.92 Å². The Morgan fingerprint density at radius 1 is 0.944 bits per heavy atom. The molecule has 36 heavy (non-hydrogen) atoms. The molecule has 5 nitrogen and oxygen atoms in total. The van der Waals surface area contributed by atoms with Crippen molar-refractivity contribution < 1.29 is 31.1 Å². The lowest BCUT2D eigenvalue weighted by Crippen LogP contribution is -2.21. The summed E-state index contributed by atoms with van der Waals surface area (Å²) in [6.07, 6.45) is -7.81. The zero-order chi connectivity index (χ0) is 26.3. The van der Waals surface area contributed by atoms with E-state index in [0.717, 1.165) is 0 Å². The molecule has 0 bridgehead atoms. The lowest BCUT2D eigenvalue weighted by Gasteiger charge is -2.16. The number of carbonyl (C=O) groups excluding carboxylic acids is 1. The Morgan fingerprint density at radius 2 is 1.69 bits per heavy atom. The van der Waals surface area contributed by atoms with Crippen LogP contribution in [0.5, 0.6) is 0 Å². The van der Waals surface area contributed by atoms with Crippen LogP contribution in [-0.2, 0) is 23.6 Å². The van der Waals surface area contributed by atoms with E-state index in [4.69, 9.17) is 0 Å². The Bertz CT molecular complexity index is 1520. The van der Waals surface area contributed by atoms with Crippen molar-refractivity contribution in [1.29, 1.82) is 0 Å². The number of fused-ring (bicyclic) bond motifs is 1.